The van der Waals surface area contributed by atoms with E-state index < -0.39 is 5.56 Å². The number of aromatic nitrogens is 6. The molecule has 0 saturated heterocycles. The highest BCUT2D eigenvalue weighted by molar-refractivity contribution is 6.41. The molecule has 0 spiro atoms. The van der Waals surface area contributed by atoms with E-state index in [2.05, 4.69) is 25.7 Å². The number of rotatable bonds is 4. The van der Waals surface area contributed by atoms with E-state index in [0.29, 0.717) is 12.4 Å². The molecule has 2 aromatic heterocycles. The van der Waals surface area contributed by atoms with Crippen molar-refractivity contribution in [1.29, 1.82) is 0 Å². The zero-order valence-electron chi connectivity index (χ0n) is 13.8. The smallest absolute Gasteiger partial charge is 0.266 e. The van der Waals surface area contributed by atoms with E-state index in [1.54, 1.807) is 0 Å². The highest BCUT2D eigenvalue weighted by atomic mass is 35.5. The molecule has 27 heavy (non-hydrogen) atoms. The summed E-state index contributed by atoms with van der Waals surface area (Å²) in [7, 11) is 0. The highest BCUT2D eigenvalue weighted by Crippen LogP contribution is 2.29. The number of hydrogen-bond donors (Lipinski definition) is 1. The van der Waals surface area contributed by atoms with Crippen LogP contribution < -0.4 is 5.56 Å². The SMILES string of the molecule is O=c1c(Cl)c(Cl)cnn1Cc1ccc(-c2ccccc2-c2nn[nH]n2)cc1. The molecule has 0 radical (unpaired) electrons. The molecule has 0 amide bonds. The van der Waals surface area contributed by atoms with Gasteiger partial charge in [0.05, 0.1) is 17.8 Å². The number of nitrogens with zero attached hydrogens (tertiary/aromatic N) is 5. The molecule has 134 valence electrons. The van der Waals surface area contributed by atoms with E-state index in [1.165, 1.54) is 10.9 Å². The normalized spacial score (nSPS) is 10.9. The number of hydrogen-bond acceptors (Lipinski definition) is 5. The maximum absolute atomic E-state index is 12.1. The fraction of sp³-hybridized carbons (Fsp3) is 0.0556. The average molecular weight is 399 g/mol. The molecule has 9 heteroatoms. The Bertz CT molecular complexity index is 1140. The Labute approximate surface area is 163 Å². The second-order valence-corrected chi connectivity index (χ2v) is 6.53. The lowest BCUT2D eigenvalue weighted by molar-refractivity contribution is 0.639. The molecule has 0 aliphatic heterocycles. The molecule has 1 N–H and O–H groups in total. The van der Waals surface area contributed by atoms with Crippen LogP contribution in [0.4, 0.5) is 0 Å². The predicted molar refractivity (Wildman–Crippen MR) is 103 cm³/mol. The molecule has 2 aromatic carbocycles. The Kier molecular flexibility index (Phi) is 4.70. The van der Waals surface area contributed by atoms with E-state index in [9.17, 15) is 4.79 Å². The van der Waals surface area contributed by atoms with Crippen LogP contribution in [0, 0.1) is 0 Å². The van der Waals surface area contributed by atoms with E-state index in [-0.39, 0.29) is 10.0 Å². The summed E-state index contributed by atoms with van der Waals surface area (Å²) in [4.78, 5) is 12.1. The number of halogens is 2. The van der Waals surface area contributed by atoms with Crippen molar-refractivity contribution in [3.8, 4) is 22.5 Å². The van der Waals surface area contributed by atoms with Crippen LogP contribution in [-0.4, -0.2) is 30.4 Å². The second-order valence-electron chi connectivity index (χ2n) is 5.75. The van der Waals surface area contributed by atoms with Crippen molar-refractivity contribution >= 4 is 23.2 Å². The van der Waals surface area contributed by atoms with Crippen molar-refractivity contribution in [2.24, 2.45) is 0 Å². The first-order valence-corrected chi connectivity index (χ1v) is 8.72. The van der Waals surface area contributed by atoms with Gasteiger partial charge in [0.2, 0.25) is 5.82 Å². The summed E-state index contributed by atoms with van der Waals surface area (Å²) in [6.45, 7) is 0.294. The van der Waals surface area contributed by atoms with Crippen molar-refractivity contribution in [3.63, 3.8) is 0 Å². The van der Waals surface area contributed by atoms with Gasteiger partial charge in [-0.15, -0.1) is 10.2 Å². The first-order valence-electron chi connectivity index (χ1n) is 7.97. The van der Waals surface area contributed by atoms with Gasteiger partial charge in [-0.1, -0.05) is 71.7 Å². The van der Waals surface area contributed by atoms with Gasteiger partial charge >= 0.3 is 0 Å². The molecule has 0 atom stereocenters. The van der Waals surface area contributed by atoms with E-state index in [1.807, 2.05) is 48.5 Å². The van der Waals surface area contributed by atoms with Crippen LogP contribution in [0.15, 0.2) is 59.5 Å². The minimum Gasteiger partial charge on any atom is -0.266 e. The van der Waals surface area contributed by atoms with Gasteiger partial charge in [-0.25, -0.2) is 4.68 Å². The molecular formula is C18H12Cl2N6O. The molecule has 0 fully saturated rings. The monoisotopic (exact) mass is 398 g/mol. The highest BCUT2D eigenvalue weighted by Gasteiger charge is 2.11. The summed E-state index contributed by atoms with van der Waals surface area (Å²) in [5.74, 6) is 0.529. The number of nitrogens with one attached hydrogen (secondary N) is 1. The Hall–Kier alpha value is -3.03. The average Bonchev–Trinajstić information content (AvgIpc) is 3.24. The predicted octanol–water partition coefficient (Wildman–Crippen LogP) is 3.45. The molecule has 0 saturated carbocycles. The lowest BCUT2D eigenvalue weighted by atomic mass is 9.98. The lowest BCUT2D eigenvalue weighted by Gasteiger charge is -2.09. The maximum Gasteiger partial charge on any atom is 0.287 e. The summed E-state index contributed by atoms with van der Waals surface area (Å²) >= 11 is 11.7. The van der Waals surface area contributed by atoms with Crippen molar-refractivity contribution in [3.05, 3.63) is 80.7 Å². The first kappa shape index (κ1) is 17.4. The molecular weight excluding hydrogens is 387 g/mol. The van der Waals surface area contributed by atoms with Crippen LogP contribution in [0.3, 0.4) is 0 Å². The van der Waals surface area contributed by atoms with Crippen molar-refractivity contribution in [2.75, 3.05) is 0 Å². The summed E-state index contributed by atoms with van der Waals surface area (Å²) < 4.78 is 1.27. The Morgan fingerprint density at radius 3 is 2.44 bits per heavy atom. The second kappa shape index (κ2) is 7.30. The van der Waals surface area contributed by atoms with Crippen molar-refractivity contribution < 1.29 is 0 Å². The third-order valence-electron chi connectivity index (χ3n) is 4.05. The molecule has 0 unspecified atom stereocenters. The third-order valence-corrected chi connectivity index (χ3v) is 4.80. The van der Waals surface area contributed by atoms with Gasteiger partial charge in [0, 0.05) is 5.56 Å². The molecule has 4 aromatic rings. The Balaban J connectivity index is 1.65. The molecule has 4 rings (SSSR count). The van der Waals surface area contributed by atoms with Gasteiger partial charge in [-0.05, 0) is 21.9 Å². The fourth-order valence-corrected chi connectivity index (χ4v) is 3.00. The summed E-state index contributed by atoms with van der Waals surface area (Å²) in [5, 5.41) is 18.3. The van der Waals surface area contributed by atoms with Crippen LogP contribution in [0.5, 0.6) is 0 Å². The number of H-pyrrole nitrogens is 1. The van der Waals surface area contributed by atoms with E-state index in [0.717, 1.165) is 22.3 Å². The van der Waals surface area contributed by atoms with Gasteiger partial charge in [0.1, 0.15) is 5.02 Å². The van der Waals surface area contributed by atoms with Crippen LogP contribution in [0.25, 0.3) is 22.5 Å². The third kappa shape index (κ3) is 3.47. The molecule has 2 heterocycles. The molecule has 0 aliphatic carbocycles. The molecule has 7 nitrogen and oxygen atoms in total. The summed E-state index contributed by atoms with van der Waals surface area (Å²) in [6, 6.07) is 15.6. The number of aromatic amines is 1. The lowest BCUT2D eigenvalue weighted by Crippen LogP contribution is -2.23. The largest absolute Gasteiger partial charge is 0.287 e. The topological polar surface area (TPSA) is 89.4 Å². The van der Waals surface area contributed by atoms with Crippen LogP contribution in [-0.2, 0) is 6.54 Å². The zero-order valence-corrected chi connectivity index (χ0v) is 15.3. The van der Waals surface area contributed by atoms with Gasteiger partial charge in [0.15, 0.2) is 0 Å². The van der Waals surface area contributed by atoms with Crippen LogP contribution in [0.1, 0.15) is 5.56 Å². The number of tetrazole rings is 1. The molecule has 0 bridgehead atoms. The van der Waals surface area contributed by atoms with Gasteiger partial charge in [-0.3, -0.25) is 4.79 Å². The standard InChI is InChI=1S/C18H12Cl2N6O/c19-15-9-21-26(18(27)16(15)20)10-11-5-7-12(8-6-11)13-3-1-2-4-14(13)17-22-24-25-23-17/h1-9H,10H2,(H,22,23,24,25). The minimum atomic E-state index is -0.421. The van der Waals surface area contributed by atoms with Crippen LogP contribution in [0.2, 0.25) is 10.0 Å². The Morgan fingerprint density at radius 1 is 1.00 bits per heavy atom. The quantitative estimate of drug-likeness (QED) is 0.568. The Morgan fingerprint density at radius 2 is 1.74 bits per heavy atom. The summed E-state index contributed by atoms with van der Waals surface area (Å²) in [5.41, 5.74) is 3.34. The number of benzene rings is 2. The van der Waals surface area contributed by atoms with E-state index >= 15 is 0 Å². The maximum atomic E-state index is 12.1. The van der Waals surface area contributed by atoms with Crippen LogP contribution >= 0.6 is 23.2 Å². The first-order chi connectivity index (χ1) is 13.1. The van der Waals surface area contributed by atoms with E-state index in [4.69, 9.17) is 23.2 Å². The zero-order chi connectivity index (χ0) is 18.8. The van der Waals surface area contributed by atoms with Crippen molar-refractivity contribution in [2.45, 2.75) is 6.54 Å². The summed E-state index contributed by atoms with van der Waals surface area (Å²) in [6.07, 6.45) is 1.36. The van der Waals surface area contributed by atoms with Gasteiger partial charge < -0.3 is 0 Å². The minimum absolute atomic E-state index is 0.0303. The van der Waals surface area contributed by atoms with Gasteiger partial charge in [0.25, 0.3) is 5.56 Å². The fourth-order valence-electron chi connectivity index (χ4n) is 2.73. The molecule has 0 aliphatic rings. The van der Waals surface area contributed by atoms with Crippen molar-refractivity contribution in [1.82, 2.24) is 30.4 Å². The van der Waals surface area contributed by atoms with Gasteiger partial charge in [-0.2, -0.15) is 10.3 Å².